The quantitative estimate of drug-likeness (QED) is 0.548. The van der Waals surface area contributed by atoms with Crippen molar-refractivity contribution >= 4 is 5.91 Å². The van der Waals surface area contributed by atoms with Crippen LogP contribution in [0.2, 0.25) is 0 Å². The van der Waals surface area contributed by atoms with E-state index >= 15 is 0 Å². The van der Waals surface area contributed by atoms with Gasteiger partial charge in [-0.25, -0.2) is 0 Å². The lowest BCUT2D eigenvalue weighted by atomic mass is 9.49. The van der Waals surface area contributed by atoms with Crippen LogP contribution in [0.3, 0.4) is 0 Å². The molecule has 8 atom stereocenters. The van der Waals surface area contributed by atoms with E-state index in [4.69, 9.17) is 0 Å². The molecule has 0 N–H and O–H groups in total. The first-order valence-electron chi connectivity index (χ1n) is 12.8. The Morgan fingerprint density at radius 1 is 0.967 bits per heavy atom. The lowest BCUT2D eigenvalue weighted by Gasteiger charge is -2.56. The van der Waals surface area contributed by atoms with E-state index in [1.165, 1.54) is 57.8 Å². The van der Waals surface area contributed by atoms with Gasteiger partial charge in [0.15, 0.2) is 0 Å². The van der Waals surface area contributed by atoms with E-state index < -0.39 is 0 Å². The minimum Gasteiger partial charge on any atom is -0.341 e. The fraction of sp³-hybridized carbons (Fsp3) is 0.750. The topological polar surface area (TPSA) is 20.3 Å². The van der Waals surface area contributed by atoms with Gasteiger partial charge in [-0.3, -0.25) is 4.79 Å². The molecule has 2 heteroatoms. The second kappa shape index (κ2) is 7.99. The van der Waals surface area contributed by atoms with E-state index in [0.717, 1.165) is 47.6 Å². The minimum atomic E-state index is 0.188. The van der Waals surface area contributed by atoms with Gasteiger partial charge < -0.3 is 4.90 Å². The summed E-state index contributed by atoms with van der Waals surface area (Å²) in [7, 11) is 2.02. The third-order valence-corrected chi connectivity index (χ3v) is 10.3. The van der Waals surface area contributed by atoms with E-state index in [1.807, 2.05) is 42.3 Å². The van der Waals surface area contributed by atoms with Gasteiger partial charge in [-0.2, -0.15) is 0 Å². The molecule has 5 rings (SSSR count). The first kappa shape index (κ1) is 20.6. The van der Waals surface area contributed by atoms with Crippen LogP contribution in [0.1, 0.15) is 82.0 Å². The standard InChI is InChI=1S/C28H41NO/c1-19-9-12-23-21(17-19)10-13-25-24(23)15-16-28(2)22(11-14-26(25)28)18-29(3)27(30)20-7-5-4-6-8-20/h4-8,19,21-26H,9-18H2,1-3H3/t19-,21+,22+,23-,24?,25+,26?,28+/m0/s1. The Balaban J connectivity index is 1.28. The third kappa shape index (κ3) is 3.43. The Bertz CT molecular complexity index is 759. The van der Waals surface area contributed by atoms with Gasteiger partial charge >= 0.3 is 0 Å². The first-order chi connectivity index (χ1) is 14.5. The van der Waals surface area contributed by atoms with Gasteiger partial charge in [0.25, 0.3) is 5.91 Å². The molecule has 1 aromatic carbocycles. The monoisotopic (exact) mass is 407 g/mol. The number of carbonyl (C=O) groups is 1. The highest BCUT2D eigenvalue weighted by molar-refractivity contribution is 5.93. The summed E-state index contributed by atoms with van der Waals surface area (Å²) >= 11 is 0. The highest BCUT2D eigenvalue weighted by atomic mass is 16.2. The summed E-state index contributed by atoms with van der Waals surface area (Å²) in [4.78, 5) is 14.9. The molecule has 0 radical (unpaired) electrons. The van der Waals surface area contributed by atoms with Crippen molar-refractivity contribution in [2.45, 2.75) is 71.6 Å². The van der Waals surface area contributed by atoms with Crippen molar-refractivity contribution in [3.63, 3.8) is 0 Å². The van der Waals surface area contributed by atoms with Crippen molar-refractivity contribution in [3.05, 3.63) is 35.9 Å². The number of nitrogens with zero attached hydrogens (tertiary/aromatic N) is 1. The molecule has 4 saturated carbocycles. The van der Waals surface area contributed by atoms with E-state index in [9.17, 15) is 4.79 Å². The minimum absolute atomic E-state index is 0.188. The van der Waals surface area contributed by atoms with Crippen LogP contribution in [0.5, 0.6) is 0 Å². The molecule has 30 heavy (non-hydrogen) atoms. The van der Waals surface area contributed by atoms with Gasteiger partial charge in [0, 0.05) is 19.2 Å². The molecular weight excluding hydrogens is 366 g/mol. The first-order valence-corrected chi connectivity index (χ1v) is 12.8. The molecular formula is C28H41NO. The molecule has 1 amide bonds. The summed E-state index contributed by atoms with van der Waals surface area (Å²) < 4.78 is 0. The third-order valence-electron chi connectivity index (χ3n) is 10.3. The fourth-order valence-electron chi connectivity index (χ4n) is 8.71. The lowest BCUT2D eigenvalue weighted by Crippen LogP contribution is -2.49. The lowest BCUT2D eigenvalue weighted by molar-refractivity contribution is -0.0687. The summed E-state index contributed by atoms with van der Waals surface area (Å²) in [6.07, 6.45) is 13.1. The Morgan fingerprint density at radius 3 is 2.53 bits per heavy atom. The number of benzene rings is 1. The van der Waals surface area contributed by atoms with Crippen molar-refractivity contribution < 1.29 is 4.79 Å². The molecule has 0 heterocycles. The molecule has 164 valence electrons. The van der Waals surface area contributed by atoms with Gasteiger partial charge in [-0.05, 0) is 110 Å². The van der Waals surface area contributed by atoms with Gasteiger partial charge in [0.1, 0.15) is 0 Å². The Morgan fingerprint density at radius 2 is 1.73 bits per heavy atom. The predicted molar refractivity (Wildman–Crippen MR) is 123 cm³/mol. The van der Waals surface area contributed by atoms with Crippen LogP contribution in [-0.4, -0.2) is 24.4 Å². The van der Waals surface area contributed by atoms with E-state index in [2.05, 4.69) is 13.8 Å². The summed E-state index contributed by atoms with van der Waals surface area (Å²) in [6.45, 7) is 6.01. The number of carbonyl (C=O) groups excluding carboxylic acids is 1. The normalized spacial score (nSPS) is 42.7. The molecule has 2 unspecified atom stereocenters. The summed E-state index contributed by atoms with van der Waals surface area (Å²) in [5, 5.41) is 0. The van der Waals surface area contributed by atoms with Crippen LogP contribution in [-0.2, 0) is 0 Å². The van der Waals surface area contributed by atoms with Crippen LogP contribution in [0.4, 0.5) is 0 Å². The predicted octanol–water partition coefficient (Wildman–Crippen LogP) is 6.66. The van der Waals surface area contributed by atoms with Crippen molar-refractivity contribution in [1.29, 1.82) is 0 Å². The Hall–Kier alpha value is -1.31. The zero-order valence-corrected chi connectivity index (χ0v) is 19.4. The van der Waals surface area contributed by atoms with Crippen molar-refractivity contribution in [2.75, 3.05) is 13.6 Å². The van der Waals surface area contributed by atoms with E-state index in [-0.39, 0.29) is 5.91 Å². The van der Waals surface area contributed by atoms with Crippen molar-refractivity contribution in [1.82, 2.24) is 4.90 Å². The summed E-state index contributed by atoms with van der Waals surface area (Å²) in [5.41, 5.74) is 1.27. The molecule has 0 saturated heterocycles. The van der Waals surface area contributed by atoms with Crippen LogP contribution in [0.15, 0.2) is 30.3 Å². The molecule has 0 aromatic heterocycles. The van der Waals surface area contributed by atoms with Crippen molar-refractivity contribution in [2.24, 2.45) is 46.8 Å². The van der Waals surface area contributed by atoms with Gasteiger partial charge in [0.05, 0.1) is 0 Å². The highest BCUT2D eigenvalue weighted by Gasteiger charge is 2.56. The molecule has 4 aliphatic carbocycles. The smallest absolute Gasteiger partial charge is 0.253 e. The molecule has 0 spiro atoms. The zero-order valence-electron chi connectivity index (χ0n) is 19.4. The zero-order chi connectivity index (χ0) is 20.9. The maximum Gasteiger partial charge on any atom is 0.253 e. The largest absolute Gasteiger partial charge is 0.341 e. The van der Waals surface area contributed by atoms with Crippen LogP contribution >= 0.6 is 0 Å². The SMILES string of the molecule is C[C@H]1CC[C@@H]2C3CC[C@@]4(C)C(CC[C@@H]4CN(C)C(=O)c4ccccc4)[C@@H]3CC[C@@H]2C1. The highest BCUT2D eigenvalue weighted by Crippen LogP contribution is 2.64. The van der Waals surface area contributed by atoms with Gasteiger partial charge in [0.2, 0.25) is 0 Å². The summed E-state index contributed by atoms with van der Waals surface area (Å²) in [5.74, 6) is 6.78. The average molecular weight is 408 g/mol. The van der Waals surface area contributed by atoms with Gasteiger partial charge in [-0.15, -0.1) is 0 Å². The molecule has 4 fully saturated rings. The Labute approximate surface area is 183 Å². The number of hydrogen-bond donors (Lipinski definition) is 0. The second-order valence-electron chi connectivity index (χ2n) is 11.7. The number of rotatable bonds is 3. The maximum absolute atomic E-state index is 12.9. The molecule has 0 bridgehead atoms. The maximum atomic E-state index is 12.9. The molecule has 4 aliphatic rings. The molecule has 1 aromatic rings. The van der Waals surface area contributed by atoms with E-state index in [1.54, 1.807) is 0 Å². The molecule has 0 aliphatic heterocycles. The van der Waals surface area contributed by atoms with E-state index in [0.29, 0.717) is 11.3 Å². The number of amides is 1. The average Bonchev–Trinajstić information content (AvgIpc) is 3.09. The van der Waals surface area contributed by atoms with Crippen LogP contribution in [0.25, 0.3) is 0 Å². The van der Waals surface area contributed by atoms with Crippen LogP contribution < -0.4 is 0 Å². The molecule has 2 nitrogen and oxygen atoms in total. The Kier molecular flexibility index (Phi) is 5.48. The van der Waals surface area contributed by atoms with Crippen molar-refractivity contribution in [3.8, 4) is 0 Å². The van der Waals surface area contributed by atoms with Gasteiger partial charge in [-0.1, -0.05) is 38.5 Å². The number of fused-ring (bicyclic) bond motifs is 5. The fourth-order valence-corrected chi connectivity index (χ4v) is 8.71. The number of hydrogen-bond acceptors (Lipinski definition) is 1. The summed E-state index contributed by atoms with van der Waals surface area (Å²) in [6, 6.07) is 9.83. The van der Waals surface area contributed by atoms with Crippen LogP contribution in [0, 0.1) is 46.8 Å². The second-order valence-corrected chi connectivity index (χ2v) is 11.7.